The summed E-state index contributed by atoms with van der Waals surface area (Å²) in [6, 6.07) is 0. The first-order valence-electron chi connectivity index (χ1n) is 8.57. The molecule has 3 aliphatic rings. The van der Waals surface area contributed by atoms with Crippen LogP contribution < -0.4 is 5.32 Å². The lowest BCUT2D eigenvalue weighted by Crippen LogP contribution is -2.63. The van der Waals surface area contributed by atoms with Crippen molar-refractivity contribution < 1.29 is 0 Å². The molecule has 19 heavy (non-hydrogen) atoms. The quantitative estimate of drug-likeness (QED) is 0.843. The van der Waals surface area contributed by atoms with Gasteiger partial charge in [0, 0.05) is 38.3 Å². The van der Waals surface area contributed by atoms with E-state index in [1.54, 1.807) is 0 Å². The molecule has 2 saturated heterocycles. The summed E-state index contributed by atoms with van der Waals surface area (Å²) in [5.74, 6) is 0. The molecule has 0 amide bonds. The predicted molar refractivity (Wildman–Crippen MR) is 80.5 cm³/mol. The summed E-state index contributed by atoms with van der Waals surface area (Å²) in [6.07, 6.45) is 11.5. The Morgan fingerprint density at radius 3 is 2.32 bits per heavy atom. The molecular formula is C16H31N3. The van der Waals surface area contributed by atoms with Crippen LogP contribution in [0.4, 0.5) is 0 Å². The number of nitrogens with zero attached hydrogens (tertiary/aromatic N) is 2. The summed E-state index contributed by atoms with van der Waals surface area (Å²) in [5.41, 5.74) is 0.520. The molecule has 0 aromatic carbocycles. The number of nitrogens with one attached hydrogen (secondary N) is 1. The normalized spacial score (nSPS) is 29.7. The van der Waals surface area contributed by atoms with Crippen LogP contribution in [0, 0.1) is 0 Å². The summed E-state index contributed by atoms with van der Waals surface area (Å²) in [5, 5.41) is 3.66. The Balaban J connectivity index is 1.54. The van der Waals surface area contributed by atoms with Crippen LogP contribution in [0.1, 0.15) is 51.4 Å². The van der Waals surface area contributed by atoms with Crippen molar-refractivity contribution in [3.63, 3.8) is 0 Å². The number of likely N-dealkylation sites (tertiary alicyclic amines) is 1. The molecule has 1 N–H and O–H groups in total. The molecular weight excluding hydrogens is 234 g/mol. The van der Waals surface area contributed by atoms with Crippen LogP contribution >= 0.6 is 0 Å². The van der Waals surface area contributed by atoms with Crippen LogP contribution in [0.2, 0.25) is 0 Å². The van der Waals surface area contributed by atoms with Gasteiger partial charge in [-0.05, 0) is 38.8 Å². The van der Waals surface area contributed by atoms with Crippen molar-refractivity contribution in [2.45, 2.75) is 56.9 Å². The van der Waals surface area contributed by atoms with Gasteiger partial charge in [-0.25, -0.2) is 0 Å². The largest absolute Gasteiger partial charge is 0.314 e. The maximum Gasteiger partial charge on any atom is 0.0335 e. The number of hydrogen-bond acceptors (Lipinski definition) is 3. The first-order chi connectivity index (χ1) is 9.39. The van der Waals surface area contributed by atoms with Crippen molar-refractivity contribution in [1.82, 2.24) is 15.1 Å². The van der Waals surface area contributed by atoms with E-state index < -0.39 is 0 Å². The van der Waals surface area contributed by atoms with E-state index in [4.69, 9.17) is 0 Å². The second-order valence-corrected chi connectivity index (χ2v) is 6.85. The highest BCUT2D eigenvalue weighted by Gasteiger charge is 2.39. The minimum Gasteiger partial charge on any atom is -0.314 e. The van der Waals surface area contributed by atoms with Crippen LogP contribution in [0.25, 0.3) is 0 Å². The highest BCUT2D eigenvalue weighted by atomic mass is 15.3. The topological polar surface area (TPSA) is 18.5 Å². The summed E-state index contributed by atoms with van der Waals surface area (Å²) in [7, 11) is 0. The maximum absolute atomic E-state index is 3.66. The average Bonchev–Trinajstić information content (AvgIpc) is 2.48. The van der Waals surface area contributed by atoms with Crippen LogP contribution in [0.3, 0.4) is 0 Å². The molecule has 3 rings (SSSR count). The Kier molecular flexibility index (Phi) is 4.78. The van der Waals surface area contributed by atoms with Gasteiger partial charge in [-0.1, -0.05) is 25.7 Å². The highest BCUT2D eigenvalue weighted by molar-refractivity contribution is 4.98. The van der Waals surface area contributed by atoms with Crippen molar-refractivity contribution >= 4 is 0 Å². The Bertz CT molecular complexity index is 259. The molecule has 1 saturated carbocycles. The Morgan fingerprint density at radius 1 is 0.789 bits per heavy atom. The standard InChI is InChI=1S/C16H31N3/c1-3-7-16(8-4-1)15-17-9-12-19(16)14-13-18-10-5-2-6-11-18/h17H,1-15H2. The third-order valence-electron chi connectivity index (χ3n) is 5.60. The fourth-order valence-corrected chi connectivity index (χ4v) is 4.38. The zero-order valence-electron chi connectivity index (χ0n) is 12.5. The summed E-state index contributed by atoms with van der Waals surface area (Å²) >= 11 is 0. The Morgan fingerprint density at radius 2 is 1.53 bits per heavy atom. The molecule has 0 bridgehead atoms. The molecule has 0 aromatic rings. The molecule has 3 fully saturated rings. The van der Waals surface area contributed by atoms with E-state index in [1.165, 1.54) is 97.2 Å². The number of hydrogen-bond donors (Lipinski definition) is 1. The van der Waals surface area contributed by atoms with Crippen molar-refractivity contribution in [2.24, 2.45) is 0 Å². The minimum atomic E-state index is 0.520. The zero-order valence-corrected chi connectivity index (χ0v) is 12.5. The first kappa shape index (κ1) is 13.8. The molecule has 3 nitrogen and oxygen atoms in total. The molecule has 0 radical (unpaired) electrons. The molecule has 1 aliphatic carbocycles. The van der Waals surface area contributed by atoms with Crippen LogP contribution in [-0.2, 0) is 0 Å². The van der Waals surface area contributed by atoms with Gasteiger partial charge in [0.15, 0.2) is 0 Å². The lowest BCUT2D eigenvalue weighted by Gasteiger charge is -2.50. The third kappa shape index (κ3) is 3.32. The molecule has 2 heterocycles. The van der Waals surface area contributed by atoms with Crippen LogP contribution in [-0.4, -0.2) is 61.2 Å². The van der Waals surface area contributed by atoms with Gasteiger partial charge < -0.3 is 10.2 Å². The van der Waals surface area contributed by atoms with Crippen LogP contribution in [0.5, 0.6) is 0 Å². The average molecular weight is 265 g/mol. The molecule has 0 aromatic heterocycles. The van der Waals surface area contributed by atoms with Crippen molar-refractivity contribution in [3.8, 4) is 0 Å². The maximum atomic E-state index is 3.66. The first-order valence-corrected chi connectivity index (χ1v) is 8.57. The Hall–Kier alpha value is -0.120. The van der Waals surface area contributed by atoms with Gasteiger partial charge in [0.05, 0.1) is 0 Å². The van der Waals surface area contributed by atoms with Gasteiger partial charge >= 0.3 is 0 Å². The number of piperazine rings is 1. The van der Waals surface area contributed by atoms with Crippen molar-refractivity contribution in [2.75, 3.05) is 45.8 Å². The van der Waals surface area contributed by atoms with E-state index in [1.807, 2.05) is 0 Å². The molecule has 110 valence electrons. The summed E-state index contributed by atoms with van der Waals surface area (Å²) < 4.78 is 0. The van der Waals surface area contributed by atoms with Gasteiger partial charge in [-0.3, -0.25) is 4.90 Å². The predicted octanol–water partition coefficient (Wildman–Crippen LogP) is 2.08. The van der Waals surface area contributed by atoms with E-state index >= 15 is 0 Å². The van der Waals surface area contributed by atoms with E-state index in [0.29, 0.717) is 5.54 Å². The van der Waals surface area contributed by atoms with Crippen molar-refractivity contribution in [3.05, 3.63) is 0 Å². The summed E-state index contributed by atoms with van der Waals surface area (Å²) in [6.45, 7) is 9.02. The van der Waals surface area contributed by atoms with E-state index in [9.17, 15) is 0 Å². The lowest BCUT2D eigenvalue weighted by atomic mass is 9.79. The molecule has 1 spiro atoms. The number of piperidine rings is 1. The second kappa shape index (κ2) is 6.55. The van der Waals surface area contributed by atoms with Gasteiger partial charge in [0.2, 0.25) is 0 Å². The van der Waals surface area contributed by atoms with E-state index in [0.717, 1.165) is 0 Å². The monoisotopic (exact) mass is 265 g/mol. The van der Waals surface area contributed by atoms with Gasteiger partial charge in [0.1, 0.15) is 0 Å². The molecule has 2 aliphatic heterocycles. The van der Waals surface area contributed by atoms with Crippen molar-refractivity contribution in [1.29, 1.82) is 0 Å². The molecule has 0 atom stereocenters. The SMILES string of the molecule is C1CCN(CCN2CCNCC23CCCCC3)CC1. The van der Waals surface area contributed by atoms with Gasteiger partial charge in [-0.2, -0.15) is 0 Å². The summed E-state index contributed by atoms with van der Waals surface area (Å²) in [4.78, 5) is 5.54. The smallest absolute Gasteiger partial charge is 0.0335 e. The van der Waals surface area contributed by atoms with E-state index in [2.05, 4.69) is 15.1 Å². The van der Waals surface area contributed by atoms with E-state index in [-0.39, 0.29) is 0 Å². The minimum absolute atomic E-state index is 0.520. The fourth-order valence-electron chi connectivity index (χ4n) is 4.38. The van der Waals surface area contributed by atoms with Crippen LogP contribution in [0.15, 0.2) is 0 Å². The molecule has 0 unspecified atom stereocenters. The Labute approximate surface area is 118 Å². The highest BCUT2D eigenvalue weighted by Crippen LogP contribution is 2.34. The fraction of sp³-hybridized carbons (Fsp3) is 1.00. The second-order valence-electron chi connectivity index (χ2n) is 6.85. The van der Waals surface area contributed by atoms with Gasteiger partial charge in [-0.15, -0.1) is 0 Å². The third-order valence-corrected chi connectivity index (χ3v) is 5.60. The molecule has 3 heteroatoms. The lowest BCUT2D eigenvalue weighted by molar-refractivity contribution is 0.0189. The zero-order chi connectivity index (χ0) is 13.0. The number of rotatable bonds is 3. The van der Waals surface area contributed by atoms with Gasteiger partial charge in [0.25, 0.3) is 0 Å².